The largest absolute Gasteiger partial charge is 0.507 e. The van der Waals surface area contributed by atoms with Crippen molar-refractivity contribution in [1.29, 1.82) is 0 Å². The fourth-order valence-corrected chi connectivity index (χ4v) is 6.00. The van der Waals surface area contributed by atoms with Crippen molar-refractivity contribution in [2.45, 2.75) is 53.5 Å². The number of nitrogens with two attached hydrogens (primary N) is 1. The van der Waals surface area contributed by atoms with Gasteiger partial charge in [0.2, 0.25) is 0 Å². The summed E-state index contributed by atoms with van der Waals surface area (Å²) in [4.78, 5) is 0. The van der Waals surface area contributed by atoms with Gasteiger partial charge in [0, 0.05) is 28.7 Å². The highest BCUT2D eigenvalue weighted by Gasteiger charge is 2.26. The molecule has 43 heavy (non-hydrogen) atoms. The van der Waals surface area contributed by atoms with Gasteiger partial charge in [-0.15, -0.1) is 0 Å². The number of hydrogen-bond acceptors (Lipinski definition) is 5. The molecular formula is C38H39NO4. The number of rotatable bonds is 6. The molecule has 0 saturated heterocycles. The van der Waals surface area contributed by atoms with Crippen molar-refractivity contribution >= 4 is 0 Å². The number of aromatic hydroxyl groups is 4. The number of phenols is 4. The second-order valence-corrected chi connectivity index (χ2v) is 11.8. The maximum Gasteiger partial charge on any atom is 0.123 e. The van der Waals surface area contributed by atoms with Crippen molar-refractivity contribution in [2.75, 3.05) is 0 Å². The minimum absolute atomic E-state index is 0.152. The normalized spacial score (nSPS) is 12.7. The molecule has 0 amide bonds. The monoisotopic (exact) mass is 573 g/mol. The lowest BCUT2D eigenvalue weighted by Crippen LogP contribution is -2.07. The van der Waals surface area contributed by atoms with Gasteiger partial charge < -0.3 is 26.2 Å². The Morgan fingerprint density at radius 2 is 0.791 bits per heavy atom. The highest BCUT2D eigenvalue weighted by Crippen LogP contribution is 2.46. The molecule has 0 bridgehead atoms. The van der Waals surface area contributed by atoms with Crippen molar-refractivity contribution < 1.29 is 20.4 Å². The maximum atomic E-state index is 11.6. The van der Waals surface area contributed by atoms with E-state index in [0.717, 1.165) is 44.5 Å². The zero-order chi connectivity index (χ0) is 31.2. The van der Waals surface area contributed by atoms with E-state index in [0.29, 0.717) is 27.8 Å². The predicted molar refractivity (Wildman–Crippen MR) is 174 cm³/mol. The molecule has 2 unspecified atom stereocenters. The van der Waals surface area contributed by atoms with Gasteiger partial charge >= 0.3 is 0 Å². The molecule has 0 aliphatic heterocycles. The molecule has 0 aromatic heterocycles. The van der Waals surface area contributed by atoms with Gasteiger partial charge in [-0.05, 0) is 146 Å². The highest BCUT2D eigenvalue weighted by atomic mass is 16.3. The molecule has 5 aromatic rings. The van der Waals surface area contributed by atoms with E-state index in [-0.39, 0.29) is 29.0 Å². The zero-order valence-electron chi connectivity index (χ0n) is 25.5. The first-order valence-corrected chi connectivity index (χ1v) is 14.5. The van der Waals surface area contributed by atoms with Gasteiger partial charge in [0.15, 0.2) is 0 Å². The van der Waals surface area contributed by atoms with Crippen molar-refractivity contribution in [1.82, 2.24) is 0 Å². The molecule has 0 radical (unpaired) electrons. The van der Waals surface area contributed by atoms with Crippen molar-refractivity contribution in [3.05, 3.63) is 129 Å². The Bertz CT molecular complexity index is 1820. The fraction of sp³-hybridized carbons (Fsp3) is 0.211. The Morgan fingerprint density at radius 1 is 0.465 bits per heavy atom. The van der Waals surface area contributed by atoms with Gasteiger partial charge in [0.05, 0.1) is 0 Å². The van der Waals surface area contributed by atoms with Gasteiger partial charge in [-0.1, -0.05) is 30.3 Å². The third-order valence-electron chi connectivity index (χ3n) is 8.39. The number of phenolic OH excluding ortho intramolecular Hbond substituents is 4. The molecule has 220 valence electrons. The minimum atomic E-state index is -0.496. The van der Waals surface area contributed by atoms with Gasteiger partial charge in [-0.3, -0.25) is 0 Å². The summed E-state index contributed by atoms with van der Waals surface area (Å²) < 4.78 is 0. The van der Waals surface area contributed by atoms with Crippen LogP contribution in [0.5, 0.6) is 23.0 Å². The zero-order valence-corrected chi connectivity index (χ0v) is 25.5. The molecule has 5 rings (SSSR count). The van der Waals surface area contributed by atoms with E-state index in [1.807, 2.05) is 120 Å². The third kappa shape index (κ3) is 5.56. The maximum absolute atomic E-state index is 11.6. The van der Waals surface area contributed by atoms with Crippen LogP contribution in [0, 0.1) is 34.6 Å². The molecule has 0 saturated carbocycles. The number of aryl methyl sites for hydroxylation is 5. The molecule has 0 spiro atoms. The quantitative estimate of drug-likeness (QED) is 0.131. The number of benzene rings is 5. The summed E-state index contributed by atoms with van der Waals surface area (Å²) in [6.07, 6.45) is 0. The van der Waals surface area contributed by atoms with Crippen LogP contribution in [0.15, 0.2) is 78.9 Å². The van der Waals surface area contributed by atoms with Crippen LogP contribution in [0.25, 0.3) is 22.3 Å². The van der Waals surface area contributed by atoms with Crippen molar-refractivity contribution in [3.63, 3.8) is 0 Å². The summed E-state index contributed by atoms with van der Waals surface area (Å²) in [6.45, 7) is 11.2. The van der Waals surface area contributed by atoms with E-state index in [1.165, 1.54) is 0 Å². The first-order chi connectivity index (χ1) is 20.4. The van der Waals surface area contributed by atoms with Crippen molar-refractivity contribution in [3.8, 4) is 45.3 Å². The molecular weight excluding hydrogens is 534 g/mol. The molecule has 0 aliphatic rings. The van der Waals surface area contributed by atoms with E-state index in [2.05, 4.69) is 0 Å². The summed E-state index contributed by atoms with van der Waals surface area (Å²) in [5.41, 5.74) is 16.3. The standard InChI is InChI=1S/C38H39NO4/c1-20-12-27(13-21(2)35(20)40)29-15-23(4)37(42)32(18-29)34(26-10-8-7-9-11-26)33-19-30(16-24(5)38(33)43)28-14-22(3)36(41)31(17-28)25(6)39/h7-19,25,34,40-43H,39H2,1-6H3. The highest BCUT2D eigenvalue weighted by molar-refractivity contribution is 5.74. The number of hydrogen-bond donors (Lipinski definition) is 5. The average Bonchev–Trinajstić information content (AvgIpc) is 2.97. The molecule has 0 aliphatic carbocycles. The Hall–Kier alpha value is -4.74. The van der Waals surface area contributed by atoms with E-state index in [4.69, 9.17) is 5.73 Å². The summed E-state index contributed by atoms with van der Waals surface area (Å²) in [7, 11) is 0. The first kappa shape index (κ1) is 29.7. The lowest BCUT2D eigenvalue weighted by Gasteiger charge is -2.25. The van der Waals surface area contributed by atoms with Crippen LogP contribution in [0.4, 0.5) is 0 Å². The van der Waals surface area contributed by atoms with Gasteiger partial charge in [0.25, 0.3) is 0 Å². The third-order valence-corrected chi connectivity index (χ3v) is 8.39. The van der Waals surface area contributed by atoms with Crippen LogP contribution in [0.1, 0.15) is 69.0 Å². The Labute approximate surface area is 253 Å². The summed E-state index contributed by atoms with van der Waals surface area (Å²) in [5.74, 6) is 0.277. The summed E-state index contributed by atoms with van der Waals surface area (Å²) in [5, 5.41) is 44.2. The Morgan fingerprint density at radius 3 is 1.19 bits per heavy atom. The molecule has 2 atom stereocenters. The fourth-order valence-electron chi connectivity index (χ4n) is 6.00. The van der Waals surface area contributed by atoms with Gasteiger partial charge in [-0.2, -0.15) is 0 Å². The SMILES string of the molecule is Cc1cc(-c2cc(C)c(O)c(C(c3ccccc3)c3cc(-c4cc(C)c(O)c(C(C)N)c4)cc(C)c3O)c2)cc(C)c1O. The van der Waals surface area contributed by atoms with Gasteiger partial charge in [0.1, 0.15) is 23.0 Å². The van der Waals surface area contributed by atoms with E-state index in [1.54, 1.807) is 0 Å². The van der Waals surface area contributed by atoms with Crippen LogP contribution < -0.4 is 5.73 Å². The van der Waals surface area contributed by atoms with E-state index < -0.39 is 5.92 Å². The van der Waals surface area contributed by atoms with Crippen LogP contribution in [0.3, 0.4) is 0 Å². The minimum Gasteiger partial charge on any atom is -0.507 e. The molecule has 6 N–H and O–H groups in total. The smallest absolute Gasteiger partial charge is 0.123 e. The van der Waals surface area contributed by atoms with E-state index >= 15 is 0 Å². The average molecular weight is 574 g/mol. The van der Waals surface area contributed by atoms with Crippen molar-refractivity contribution in [2.24, 2.45) is 5.73 Å². The van der Waals surface area contributed by atoms with Crippen LogP contribution in [-0.2, 0) is 0 Å². The van der Waals surface area contributed by atoms with E-state index in [9.17, 15) is 20.4 Å². The lowest BCUT2D eigenvalue weighted by atomic mass is 9.80. The topological polar surface area (TPSA) is 107 Å². The second kappa shape index (κ2) is 11.5. The Kier molecular flexibility index (Phi) is 7.96. The lowest BCUT2D eigenvalue weighted by molar-refractivity contribution is 0.454. The summed E-state index contributed by atoms with van der Waals surface area (Å²) >= 11 is 0. The van der Waals surface area contributed by atoms with Gasteiger partial charge in [-0.25, -0.2) is 0 Å². The molecule has 5 nitrogen and oxygen atoms in total. The summed E-state index contributed by atoms with van der Waals surface area (Å²) in [6, 6.07) is 25.0. The second-order valence-electron chi connectivity index (χ2n) is 11.8. The first-order valence-electron chi connectivity index (χ1n) is 14.5. The molecule has 5 heteroatoms. The molecule has 5 aromatic carbocycles. The van der Waals surface area contributed by atoms with Crippen LogP contribution >= 0.6 is 0 Å². The van der Waals surface area contributed by atoms with Crippen LogP contribution in [0.2, 0.25) is 0 Å². The van der Waals surface area contributed by atoms with Crippen LogP contribution in [-0.4, -0.2) is 20.4 Å². The molecule has 0 heterocycles. The Balaban J connectivity index is 1.78. The predicted octanol–water partition coefficient (Wildman–Crippen LogP) is 8.59. The molecule has 0 fully saturated rings.